The highest BCUT2D eigenvalue weighted by molar-refractivity contribution is 9.10. The minimum atomic E-state index is -0.489. The van der Waals surface area contributed by atoms with E-state index in [0.717, 1.165) is 25.9 Å². The monoisotopic (exact) mass is 351 g/mol. The van der Waals surface area contributed by atoms with Gasteiger partial charge in [0.15, 0.2) is 0 Å². The van der Waals surface area contributed by atoms with Crippen LogP contribution in [0, 0.1) is 11.6 Å². The Morgan fingerprint density at radius 1 is 0.952 bits per heavy atom. The molecular formula is C17H16BrF2N. The van der Waals surface area contributed by atoms with Gasteiger partial charge in [-0.05, 0) is 52.0 Å². The fourth-order valence-corrected chi connectivity index (χ4v) is 3.18. The minimum Gasteiger partial charge on any atom is -0.298 e. The Morgan fingerprint density at radius 2 is 1.57 bits per heavy atom. The first-order valence-corrected chi connectivity index (χ1v) is 7.86. The van der Waals surface area contributed by atoms with Gasteiger partial charge in [0.25, 0.3) is 0 Å². The fraction of sp³-hybridized carbons (Fsp3) is 0.294. The Kier molecular flexibility index (Phi) is 4.36. The van der Waals surface area contributed by atoms with Crippen molar-refractivity contribution in [1.82, 2.24) is 4.90 Å². The van der Waals surface area contributed by atoms with E-state index in [4.69, 9.17) is 0 Å². The Morgan fingerprint density at radius 3 is 2.19 bits per heavy atom. The molecule has 0 aliphatic carbocycles. The number of nitrogens with zero attached hydrogens (tertiary/aromatic N) is 1. The second-order valence-electron chi connectivity index (χ2n) is 5.37. The van der Waals surface area contributed by atoms with Crippen molar-refractivity contribution in [3.63, 3.8) is 0 Å². The highest BCUT2D eigenvalue weighted by Crippen LogP contribution is 2.24. The molecule has 2 aromatic rings. The summed E-state index contributed by atoms with van der Waals surface area (Å²) in [4.78, 5) is 2.12. The quantitative estimate of drug-likeness (QED) is 0.728. The zero-order valence-electron chi connectivity index (χ0n) is 11.6. The molecule has 0 atom stereocenters. The van der Waals surface area contributed by atoms with E-state index in [1.807, 2.05) is 12.1 Å². The third kappa shape index (κ3) is 3.16. The van der Waals surface area contributed by atoms with Crippen LogP contribution in [0.2, 0.25) is 0 Å². The lowest BCUT2D eigenvalue weighted by Gasteiger charge is -2.20. The lowest BCUT2D eigenvalue weighted by atomic mass is 10.0. The van der Waals surface area contributed by atoms with Crippen molar-refractivity contribution < 1.29 is 8.78 Å². The van der Waals surface area contributed by atoms with Gasteiger partial charge in [0.1, 0.15) is 11.6 Å². The first-order valence-electron chi connectivity index (χ1n) is 7.06. The van der Waals surface area contributed by atoms with Gasteiger partial charge in [-0.15, -0.1) is 0 Å². The topological polar surface area (TPSA) is 3.24 Å². The molecule has 1 aliphatic rings. The molecule has 3 rings (SSSR count). The van der Waals surface area contributed by atoms with Crippen molar-refractivity contribution in [2.24, 2.45) is 0 Å². The van der Waals surface area contributed by atoms with E-state index in [1.165, 1.54) is 23.3 Å². The molecule has 0 unspecified atom stereocenters. The summed E-state index contributed by atoms with van der Waals surface area (Å²) in [6, 6.07) is 11.1. The smallest absolute Gasteiger partial charge is 0.144 e. The molecule has 110 valence electrons. The van der Waals surface area contributed by atoms with Crippen LogP contribution < -0.4 is 0 Å². The first kappa shape index (κ1) is 14.7. The summed E-state index contributed by atoms with van der Waals surface area (Å²) in [5.41, 5.74) is 2.83. The molecule has 0 saturated heterocycles. The molecular weight excluding hydrogens is 336 g/mol. The summed E-state index contributed by atoms with van der Waals surface area (Å²) in [7, 11) is 0. The van der Waals surface area contributed by atoms with Gasteiger partial charge in [-0.1, -0.05) is 24.3 Å². The maximum atomic E-state index is 14.1. The average Bonchev–Trinajstić information content (AvgIpc) is 2.70. The fourth-order valence-electron chi connectivity index (χ4n) is 2.81. The number of hydrogen-bond donors (Lipinski definition) is 0. The molecule has 1 nitrogen and oxygen atoms in total. The van der Waals surface area contributed by atoms with Crippen molar-refractivity contribution in [2.75, 3.05) is 13.1 Å². The van der Waals surface area contributed by atoms with Crippen LogP contribution in [0.15, 0.2) is 40.9 Å². The molecule has 0 radical (unpaired) electrons. The molecule has 2 aromatic carbocycles. The molecule has 4 heteroatoms. The van der Waals surface area contributed by atoms with E-state index in [2.05, 4.69) is 33.0 Å². The third-order valence-electron chi connectivity index (χ3n) is 4.03. The normalized spacial score (nSPS) is 15.6. The van der Waals surface area contributed by atoms with Gasteiger partial charge < -0.3 is 0 Å². The molecule has 0 aromatic heterocycles. The summed E-state index contributed by atoms with van der Waals surface area (Å²) in [5, 5.41) is 0. The summed E-state index contributed by atoms with van der Waals surface area (Å²) in [6.45, 7) is 1.95. The SMILES string of the molecule is Fc1ccc(Br)c(F)c1CN1CCc2ccccc2CC1. The van der Waals surface area contributed by atoms with Crippen molar-refractivity contribution in [3.8, 4) is 0 Å². The van der Waals surface area contributed by atoms with Gasteiger partial charge in [0, 0.05) is 25.2 Å². The number of benzene rings is 2. The summed E-state index contributed by atoms with van der Waals surface area (Å²) in [6.07, 6.45) is 1.85. The zero-order valence-corrected chi connectivity index (χ0v) is 13.2. The van der Waals surface area contributed by atoms with E-state index >= 15 is 0 Å². The van der Waals surface area contributed by atoms with Crippen LogP contribution in [0.25, 0.3) is 0 Å². The predicted octanol–water partition coefficient (Wildman–Crippen LogP) is 4.33. The highest BCUT2D eigenvalue weighted by atomic mass is 79.9. The number of halogens is 3. The largest absolute Gasteiger partial charge is 0.298 e. The molecule has 0 spiro atoms. The van der Waals surface area contributed by atoms with E-state index in [9.17, 15) is 8.78 Å². The van der Waals surface area contributed by atoms with E-state index in [1.54, 1.807) is 0 Å². The van der Waals surface area contributed by atoms with Crippen LogP contribution in [0.4, 0.5) is 8.78 Å². The Hall–Kier alpha value is -1.26. The van der Waals surface area contributed by atoms with Crippen molar-refractivity contribution in [2.45, 2.75) is 19.4 Å². The maximum Gasteiger partial charge on any atom is 0.144 e. The number of fused-ring (bicyclic) bond motifs is 1. The molecule has 1 heterocycles. The number of hydrogen-bond acceptors (Lipinski definition) is 1. The van der Waals surface area contributed by atoms with Gasteiger partial charge in [-0.2, -0.15) is 0 Å². The first-order chi connectivity index (χ1) is 10.1. The van der Waals surface area contributed by atoms with Crippen molar-refractivity contribution in [1.29, 1.82) is 0 Å². The van der Waals surface area contributed by atoms with E-state index in [-0.39, 0.29) is 5.56 Å². The average molecular weight is 352 g/mol. The van der Waals surface area contributed by atoms with Crippen LogP contribution in [0.5, 0.6) is 0 Å². The minimum absolute atomic E-state index is 0.148. The predicted molar refractivity (Wildman–Crippen MR) is 83.2 cm³/mol. The molecule has 0 N–H and O–H groups in total. The van der Waals surface area contributed by atoms with Gasteiger partial charge >= 0.3 is 0 Å². The molecule has 0 amide bonds. The lowest BCUT2D eigenvalue weighted by Crippen LogP contribution is -2.27. The molecule has 0 bridgehead atoms. The summed E-state index contributed by atoms with van der Waals surface area (Å²) < 4.78 is 28.2. The Labute approximate surface area is 131 Å². The van der Waals surface area contributed by atoms with Crippen LogP contribution in [-0.4, -0.2) is 18.0 Å². The maximum absolute atomic E-state index is 14.1. The van der Waals surface area contributed by atoms with Gasteiger partial charge in [0.05, 0.1) is 4.47 Å². The Bertz CT molecular complexity index is 630. The van der Waals surface area contributed by atoms with E-state index < -0.39 is 11.6 Å². The van der Waals surface area contributed by atoms with E-state index in [0.29, 0.717) is 11.0 Å². The molecule has 1 aliphatic heterocycles. The molecule has 21 heavy (non-hydrogen) atoms. The zero-order chi connectivity index (χ0) is 14.8. The second kappa shape index (κ2) is 6.24. The van der Waals surface area contributed by atoms with Crippen LogP contribution >= 0.6 is 15.9 Å². The summed E-state index contributed by atoms with van der Waals surface area (Å²) in [5.74, 6) is -0.964. The van der Waals surface area contributed by atoms with Crippen LogP contribution in [-0.2, 0) is 19.4 Å². The lowest BCUT2D eigenvalue weighted by molar-refractivity contribution is 0.270. The van der Waals surface area contributed by atoms with Gasteiger partial charge in [-0.25, -0.2) is 8.78 Å². The molecule has 0 fully saturated rings. The third-order valence-corrected chi connectivity index (χ3v) is 4.65. The van der Waals surface area contributed by atoms with Crippen molar-refractivity contribution in [3.05, 3.63) is 69.2 Å². The van der Waals surface area contributed by atoms with Crippen molar-refractivity contribution >= 4 is 15.9 Å². The van der Waals surface area contributed by atoms with Crippen LogP contribution in [0.3, 0.4) is 0 Å². The van der Waals surface area contributed by atoms with Gasteiger partial charge in [-0.3, -0.25) is 4.90 Å². The van der Waals surface area contributed by atoms with Crippen LogP contribution in [0.1, 0.15) is 16.7 Å². The summed E-state index contributed by atoms with van der Waals surface area (Å²) >= 11 is 3.12. The standard InChI is InChI=1S/C17H16BrF2N/c18-15-5-6-16(19)14(17(15)20)11-21-9-7-12-3-1-2-4-13(12)8-10-21/h1-6H,7-11H2. The second-order valence-corrected chi connectivity index (χ2v) is 6.22. The molecule has 0 saturated carbocycles. The number of rotatable bonds is 2. The highest BCUT2D eigenvalue weighted by Gasteiger charge is 2.18. The van der Waals surface area contributed by atoms with Gasteiger partial charge in [0.2, 0.25) is 0 Å². The Balaban J connectivity index is 1.77.